The summed E-state index contributed by atoms with van der Waals surface area (Å²) in [6.45, 7) is 0. The quantitative estimate of drug-likeness (QED) is 0.887. The summed E-state index contributed by atoms with van der Waals surface area (Å²) >= 11 is 0. The molecule has 0 heterocycles. The highest BCUT2D eigenvalue weighted by Crippen LogP contribution is 2.37. The van der Waals surface area contributed by atoms with E-state index in [0.717, 1.165) is 5.56 Å². The zero-order valence-electron chi connectivity index (χ0n) is 10.1. The van der Waals surface area contributed by atoms with Crippen LogP contribution in [0.15, 0.2) is 35.9 Å². The molecule has 1 N–H and O–H groups in total. The Hall–Kier alpha value is -2.10. The van der Waals surface area contributed by atoms with E-state index in [1.165, 1.54) is 6.08 Å². The van der Waals surface area contributed by atoms with Gasteiger partial charge in [-0.3, -0.25) is 4.79 Å². The molecule has 0 saturated heterocycles. The van der Waals surface area contributed by atoms with E-state index in [1.807, 2.05) is 18.2 Å². The highest BCUT2D eigenvalue weighted by molar-refractivity contribution is 6.01. The van der Waals surface area contributed by atoms with Gasteiger partial charge >= 0.3 is 5.97 Å². The second-order valence-electron chi connectivity index (χ2n) is 4.20. The van der Waals surface area contributed by atoms with Crippen LogP contribution in [0.3, 0.4) is 0 Å². The molecule has 0 aliphatic heterocycles. The third-order valence-corrected chi connectivity index (χ3v) is 3.13. The van der Waals surface area contributed by atoms with Gasteiger partial charge in [-0.05, 0) is 18.6 Å². The molecule has 0 fully saturated rings. The largest absolute Gasteiger partial charge is 0.496 e. The van der Waals surface area contributed by atoms with Crippen molar-refractivity contribution >= 4 is 11.8 Å². The first-order valence-corrected chi connectivity index (χ1v) is 5.74. The first-order chi connectivity index (χ1) is 8.63. The highest BCUT2D eigenvalue weighted by atomic mass is 16.5. The van der Waals surface area contributed by atoms with Gasteiger partial charge in [-0.25, -0.2) is 4.79 Å². The lowest BCUT2D eigenvalue weighted by Crippen LogP contribution is -2.19. The molecule has 0 saturated carbocycles. The molecule has 1 aromatic carbocycles. The second-order valence-corrected chi connectivity index (χ2v) is 4.20. The van der Waals surface area contributed by atoms with Crippen molar-refractivity contribution in [2.75, 3.05) is 7.11 Å². The number of para-hydroxylation sites is 1. The van der Waals surface area contributed by atoms with Crippen molar-refractivity contribution in [2.45, 2.75) is 18.8 Å². The van der Waals surface area contributed by atoms with Gasteiger partial charge < -0.3 is 9.84 Å². The molecule has 0 bridgehead atoms. The smallest absolute Gasteiger partial charge is 0.332 e. The normalized spacial score (nSPS) is 19.3. The van der Waals surface area contributed by atoms with Gasteiger partial charge in [-0.2, -0.15) is 0 Å². The second kappa shape index (κ2) is 5.04. The van der Waals surface area contributed by atoms with Crippen LogP contribution >= 0.6 is 0 Å². The van der Waals surface area contributed by atoms with Crippen LogP contribution in [0.4, 0.5) is 0 Å². The number of carboxylic acids is 1. The zero-order valence-corrected chi connectivity index (χ0v) is 10.1. The number of ether oxygens (including phenoxy) is 1. The zero-order chi connectivity index (χ0) is 13.1. The van der Waals surface area contributed by atoms with Crippen LogP contribution in [-0.4, -0.2) is 24.0 Å². The predicted molar refractivity (Wildman–Crippen MR) is 65.7 cm³/mol. The highest BCUT2D eigenvalue weighted by Gasteiger charge is 2.29. The Morgan fingerprint density at radius 2 is 2.11 bits per heavy atom. The first kappa shape index (κ1) is 12.4. The van der Waals surface area contributed by atoms with Gasteiger partial charge in [0.25, 0.3) is 0 Å². The van der Waals surface area contributed by atoms with Gasteiger partial charge in [0, 0.05) is 23.5 Å². The van der Waals surface area contributed by atoms with Crippen LogP contribution in [0.5, 0.6) is 5.75 Å². The number of methoxy groups -OCH3 is 1. The number of hydrogen-bond donors (Lipinski definition) is 1. The summed E-state index contributed by atoms with van der Waals surface area (Å²) in [5, 5.41) is 9.19. The van der Waals surface area contributed by atoms with Crippen LogP contribution < -0.4 is 4.74 Å². The number of carbonyl (C=O) groups is 2. The van der Waals surface area contributed by atoms with E-state index in [-0.39, 0.29) is 17.3 Å². The van der Waals surface area contributed by atoms with Crippen molar-refractivity contribution in [3.63, 3.8) is 0 Å². The lowest BCUT2D eigenvalue weighted by Gasteiger charge is -2.23. The maximum atomic E-state index is 11.3. The summed E-state index contributed by atoms with van der Waals surface area (Å²) in [5.41, 5.74) is 0.969. The van der Waals surface area contributed by atoms with Crippen molar-refractivity contribution in [3.05, 3.63) is 41.5 Å². The van der Waals surface area contributed by atoms with Crippen LogP contribution in [0.2, 0.25) is 0 Å². The van der Waals surface area contributed by atoms with E-state index in [4.69, 9.17) is 4.74 Å². The fourth-order valence-electron chi connectivity index (χ4n) is 2.28. The van der Waals surface area contributed by atoms with Gasteiger partial charge in [0.05, 0.1) is 7.11 Å². The van der Waals surface area contributed by atoms with E-state index >= 15 is 0 Å². The number of rotatable bonds is 3. The molecule has 18 heavy (non-hydrogen) atoms. The summed E-state index contributed by atoms with van der Waals surface area (Å²) in [4.78, 5) is 22.6. The van der Waals surface area contributed by atoms with Gasteiger partial charge in [-0.1, -0.05) is 18.2 Å². The summed E-state index contributed by atoms with van der Waals surface area (Å²) in [7, 11) is 1.55. The van der Waals surface area contributed by atoms with E-state index in [1.54, 1.807) is 13.2 Å². The van der Waals surface area contributed by atoms with Crippen LogP contribution in [0, 0.1) is 0 Å². The number of aliphatic carboxylic acids is 1. The van der Waals surface area contributed by atoms with Crippen molar-refractivity contribution in [2.24, 2.45) is 0 Å². The van der Waals surface area contributed by atoms with Crippen molar-refractivity contribution in [3.8, 4) is 5.75 Å². The Morgan fingerprint density at radius 3 is 2.78 bits per heavy atom. The molecule has 1 unspecified atom stereocenters. The Bertz CT molecular complexity index is 516. The molecule has 94 valence electrons. The first-order valence-electron chi connectivity index (χ1n) is 5.74. The summed E-state index contributed by atoms with van der Waals surface area (Å²) in [5.74, 6) is -0.794. The average molecular weight is 246 g/mol. The number of hydrogen-bond acceptors (Lipinski definition) is 3. The number of carboxylic acid groups (broad SMARTS) is 1. The molecule has 0 spiro atoms. The van der Waals surface area contributed by atoms with Gasteiger partial charge in [0.2, 0.25) is 0 Å². The minimum atomic E-state index is -1.04. The molecule has 0 amide bonds. The fraction of sp³-hybridized carbons (Fsp3) is 0.286. The molecule has 1 aliphatic rings. The molecular formula is C14H14O4. The molecule has 1 aromatic rings. The molecular weight excluding hydrogens is 232 g/mol. The molecule has 2 rings (SSSR count). The lowest BCUT2D eigenvalue weighted by molar-refractivity contribution is -0.133. The lowest BCUT2D eigenvalue weighted by atomic mass is 9.81. The molecule has 4 heteroatoms. The summed E-state index contributed by atoms with van der Waals surface area (Å²) in [6.07, 6.45) is 2.12. The molecule has 1 aliphatic carbocycles. The molecule has 0 aromatic heterocycles. The maximum absolute atomic E-state index is 11.3. The third kappa shape index (κ3) is 2.27. The Balaban J connectivity index is 2.46. The average Bonchev–Trinajstić information content (AvgIpc) is 2.38. The van der Waals surface area contributed by atoms with Crippen molar-refractivity contribution in [1.82, 2.24) is 0 Å². The molecule has 4 nitrogen and oxygen atoms in total. The van der Waals surface area contributed by atoms with E-state index < -0.39 is 5.97 Å². The molecule has 0 radical (unpaired) electrons. The minimum absolute atomic E-state index is 0.126. The Labute approximate surface area is 105 Å². The van der Waals surface area contributed by atoms with Gasteiger partial charge in [0.1, 0.15) is 5.75 Å². The number of allylic oxidation sites excluding steroid dienone is 1. The van der Waals surface area contributed by atoms with Gasteiger partial charge in [-0.15, -0.1) is 0 Å². The van der Waals surface area contributed by atoms with E-state index in [2.05, 4.69) is 0 Å². The fourth-order valence-corrected chi connectivity index (χ4v) is 2.28. The van der Waals surface area contributed by atoms with Crippen molar-refractivity contribution < 1.29 is 19.4 Å². The minimum Gasteiger partial charge on any atom is -0.496 e. The summed E-state index contributed by atoms with van der Waals surface area (Å²) < 4.78 is 5.25. The standard InChI is InChI=1S/C14H14O4/c1-18-13-5-3-2-4-11(13)10-7-6-9(15)8-12(10)14(16)17/h2-5,8,10H,6-7H2,1H3,(H,16,17). The molecule has 1 atom stereocenters. The van der Waals surface area contributed by atoms with Crippen LogP contribution in [0.1, 0.15) is 24.3 Å². The predicted octanol–water partition coefficient (Wildman–Crippen LogP) is 2.15. The van der Waals surface area contributed by atoms with Crippen LogP contribution in [0.25, 0.3) is 0 Å². The van der Waals surface area contributed by atoms with E-state index in [0.29, 0.717) is 18.6 Å². The SMILES string of the molecule is COc1ccccc1C1CCC(=O)C=C1C(=O)O. The third-order valence-electron chi connectivity index (χ3n) is 3.13. The van der Waals surface area contributed by atoms with Gasteiger partial charge in [0.15, 0.2) is 5.78 Å². The number of benzene rings is 1. The monoisotopic (exact) mass is 246 g/mol. The topological polar surface area (TPSA) is 63.6 Å². The van der Waals surface area contributed by atoms with E-state index in [9.17, 15) is 14.7 Å². The summed E-state index contributed by atoms with van der Waals surface area (Å²) in [6, 6.07) is 7.32. The Morgan fingerprint density at radius 1 is 1.39 bits per heavy atom. The van der Waals surface area contributed by atoms with Crippen LogP contribution in [-0.2, 0) is 9.59 Å². The number of ketones is 1. The maximum Gasteiger partial charge on any atom is 0.332 e. The Kier molecular flexibility index (Phi) is 3.46. The number of carbonyl (C=O) groups excluding carboxylic acids is 1. The van der Waals surface area contributed by atoms with Crippen molar-refractivity contribution in [1.29, 1.82) is 0 Å².